The first kappa shape index (κ1) is 17.0. The first-order chi connectivity index (χ1) is 12.2. The summed E-state index contributed by atoms with van der Waals surface area (Å²) < 4.78 is 5.19. The van der Waals surface area contributed by atoms with Gasteiger partial charge in [0, 0.05) is 12.1 Å². The molecule has 1 aromatic carbocycles. The molecule has 3 rings (SSSR count). The van der Waals surface area contributed by atoms with E-state index >= 15 is 0 Å². The minimum atomic E-state index is -0.257. The number of hydrogen-bond donors (Lipinski definition) is 2. The molecule has 1 aliphatic rings. The van der Waals surface area contributed by atoms with Crippen LogP contribution in [0.3, 0.4) is 0 Å². The SMILES string of the molecule is O=C(NCc1ccco1)c1cccc(CNC(=O)N2CCCCO2)c1. The molecule has 1 aliphatic heterocycles. The van der Waals surface area contributed by atoms with Gasteiger partial charge in [0.05, 0.1) is 26.0 Å². The number of carbonyl (C=O) groups is 2. The van der Waals surface area contributed by atoms with E-state index in [1.54, 1.807) is 36.6 Å². The first-order valence-electron chi connectivity index (χ1n) is 8.30. The van der Waals surface area contributed by atoms with Gasteiger partial charge in [0.1, 0.15) is 5.76 Å². The molecule has 0 unspecified atom stereocenters. The number of hydrogen-bond acceptors (Lipinski definition) is 4. The Hall–Kier alpha value is -2.80. The van der Waals surface area contributed by atoms with E-state index in [1.807, 2.05) is 6.07 Å². The van der Waals surface area contributed by atoms with Gasteiger partial charge in [-0.05, 0) is 42.7 Å². The highest BCUT2D eigenvalue weighted by atomic mass is 16.7. The lowest BCUT2D eigenvalue weighted by atomic mass is 10.1. The molecule has 2 aromatic rings. The maximum absolute atomic E-state index is 12.2. The molecule has 0 spiro atoms. The van der Waals surface area contributed by atoms with Crippen molar-refractivity contribution in [2.75, 3.05) is 13.2 Å². The van der Waals surface area contributed by atoms with Gasteiger partial charge >= 0.3 is 6.03 Å². The molecule has 1 fully saturated rings. The van der Waals surface area contributed by atoms with E-state index in [2.05, 4.69) is 10.6 Å². The van der Waals surface area contributed by atoms with E-state index in [9.17, 15) is 9.59 Å². The van der Waals surface area contributed by atoms with Gasteiger partial charge in [-0.3, -0.25) is 9.63 Å². The number of nitrogens with one attached hydrogen (secondary N) is 2. The zero-order valence-corrected chi connectivity index (χ0v) is 13.9. The van der Waals surface area contributed by atoms with Gasteiger partial charge in [-0.15, -0.1) is 0 Å². The van der Waals surface area contributed by atoms with E-state index in [4.69, 9.17) is 9.25 Å². The largest absolute Gasteiger partial charge is 0.467 e. The molecule has 7 nitrogen and oxygen atoms in total. The van der Waals surface area contributed by atoms with Crippen molar-refractivity contribution in [2.45, 2.75) is 25.9 Å². The van der Waals surface area contributed by atoms with Crippen molar-refractivity contribution in [1.82, 2.24) is 15.7 Å². The standard InChI is InChI=1S/C18H21N3O4/c22-17(19-13-16-7-4-9-24-16)15-6-3-5-14(11-15)12-20-18(23)21-8-1-2-10-25-21/h3-7,9,11H,1-2,8,10,12-13H2,(H,19,22)(H,20,23). The molecular formula is C18H21N3O4. The predicted octanol–water partition coefficient (Wildman–Crippen LogP) is 2.45. The zero-order valence-electron chi connectivity index (χ0n) is 13.9. The van der Waals surface area contributed by atoms with Crippen LogP contribution in [0.4, 0.5) is 4.79 Å². The third-order valence-electron chi connectivity index (χ3n) is 3.87. The van der Waals surface area contributed by atoms with Crippen molar-refractivity contribution in [2.24, 2.45) is 0 Å². The van der Waals surface area contributed by atoms with E-state index in [0.29, 0.717) is 37.6 Å². The number of rotatable bonds is 5. The molecule has 0 atom stereocenters. The van der Waals surface area contributed by atoms with Gasteiger partial charge in [-0.2, -0.15) is 0 Å². The van der Waals surface area contributed by atoms with Crippen LogP contribution in [0.2, 0.25) is 0 Å². The highest BCUT2D eigenvalue weighted by molar-refractivity contribution is 5.94. The van der Waals surface area contributed by atoms with E-state index in [1.165, 1.54) is 5.06 Å². The number of nitrogens with zero attached hydrogens (tertiary/aromatic N) is 1. The van der Waals surface area contributed by atoms with Gasteiger partial charge in [0.25, 0.3) is 5.91 Å². The average Bonchev–Trinajstić information content (AvgIpc) is 3.19. The van der Waals surface area contributed by atoms with Crippen LogP contribution < -0.4 is 10.6 Å². The Morgan fingerprint density at radius 3 is 2.76 bits per heavy atom. The number of hydroxylamine groups is 2. The second-order valence-corrected chi connectivity index (χ2v) is 5.76. The molecule has 25 heavy (non-hydrogen) atoms. The van der Waals surface area contributed by atoms with Crippen LogP contribution in [0.15, 0.2) is 47.1 Å². The molecule has 0 aliphatic carbocycles. The second kappa shape index (κ2) is 8.34. The van der Waals surface area contributed by atoms with Gasteiger partial charge < -0.3 is 15.1 Å². The van der Waals surface area contributed by atoms with Gasteiger partial charge in [-0.1, -0.05) is 12.1 Å². The number of benzene rings is 1. The summed E-state index contributed by atoms with van der Waals surface area (Å²) >= 11 is 0. The van der Waals surface area contributed by atoms with Crippen molar-refractivity contribution in [3.05, 3.63) is 59.5 Å². The van der Waals surface area contributed by atoms with Crippen LogP contribution in [0.5, 0.6) is 0 Å². The summed E-state index contributed by atoms with van der Waals surface area (Å²) in [5.74, 6) is 0.502. The highest BCUT2D eigenvalue weighted by Crippen LogP contribution is 2.08. The topological polar surface area (TPSA) is 83.8 Å². The van der Waals surface area contributed by atoms with E-state index in [0.717, 1.165) is 18.4 Å². The van der Waals surface area contributed by atoms with E-state index in [-0.39, 0.29) is 11.9 Å². The smallest absolute Gasteiger partial charge is 0.341 e. The monoisotopic (exact) mass is 343 g/mol. The Kier molecular flexibility index (Phi) is 5.69. The molecule has 3 amide bonds. The molecule has 2 heterocycles. The van der Waals surface area contributed by atoms with Crippen molar-refractivity contribution in [3.63, 3.8) is 0 Å². The number of urea groups is 1. The van der Waals surface area contributed by atoms with Crippen molar-refractivity contribution in [3.8, 4) is 0 Å². The molecule has 132 valence electrons. The minimum absolute atomic E-state index is 0.191. The van der Waals surface area contributed by atoms with Gasteiger partial charge in [0.2, 0.25) is 0 Å². The van der Waals surface area contributed by atoms with Gasteiger partial charge in [0.15, 0.2) is 0 Å². The molecular weight excluding hydrogens is 322 g/mol. The second-order valence-electron chi connectivity index (χ2n) is 5.76. The van der Waals surface area contributed by atoms with Crippen LogP contribution in [0.1, 0.15) is 34.5 Å². The van der Waals surface area contributed by atoms with Crippen LogP contribution in [-0.4, -0.2) is 30.2 Å². The summed E-state index contributed by atoms with van der Waals surface area (Å²) in [6.07, 6.45) is 3.48. The quantitative estimate of drug-likeness (QED) is 0.873. The van der Waals surface area contributed by atoms with Crippen molar-refractivity contribution < 1.29 is 18.8 Å². The van der Waals surface area contributed by atoms with E-state index < -0.39 is 0 Å². The predicted molar refractivity (Wildman–Crippen MR) is 90.4 cm³/mol. The Bertz CT molecular complexity index is 709. The molecule has 1 saturated heterocycles. The Morgan fingerprint density at radius 2 is 2.00 bits per heavy atom. The van der Waals surface area contributed by atoms with Crippen LogP contribution in [0, 0.1) is 0 Å². The van der Waals surface area contributed by atoms with Crippen LogP contribution >= 0.6 is 0 Å². The van der Waals surface area contributed by atoms with Crippen molar-refractivity contribution in [1.29, 1.82) is 0 Å². The molecule has 0 bridgehead atoms. The third kappa shape index (κ3) is 4.84. The van der Waals surface area contributed by atoms with Crippen LogP contribution in [0.25, 0.3) is 0 Å². The lowest BCUT2D eigenvalue weighted by Crippen LogP contribution is -2.42. The lowest BCUT2D eigenvalue weighted by molar-refractivity contribution is -0.139. The zero-order chi connectivity index (χ0) is 17.5. The summed E-state index contributed by atoms with van der Waals surface area (Å²) in [5, 5.41) is 6.95. The summed E-state index contributed by atoms with van der Waals surface area (Å²) in [4.78, 5) is 29.5. The fraction of sp³-hybridized carbons (Fsp3) is 0.333. The summed E-state index contributed by atoms with van der Waals surface area (Å²) in [7, 11) is 0. The minimum Gasteiger partial charge on any atom is -0.467 e. The fourth-order valence-electron chi connectivity index (χ4n) is 2.53. The molecule has 2 N–H and O–H groups in total. The normalized spacial score (nSPS) is 14.2. The third-order valence-corrected chi connectivity index (χ3v) is 3.87. The molecule has 0 saturated carbocycles. The lowest BCUT2D eigenvalue weighted by Gasteiger charge is -2.25. The molecule has 1 aromatic heterocycles. The van der Waals surface area contributed by atoms with Gasteiger partial charge in [-0.25, -0.2) is 9.86 Å². The fourth-order valence-corrected chi connectivity index (χ4v) is 2.53. The molecule has 0 radical (unpaired) electrons. The maximum atomic E-state index is 12.2. The first-order valence-corrected chi connectivity index (χ1v) is 8.30. The Morgan fingerprint density at radius 1 is 1.08 bits per heavy atom. The molecule has 7 heteroatoms. The number of amides is 3. The average molecular weight is 343 g/mol. The summed E-state index contributed by atoms with van der Waals surface area (Å²) in [5.41, 5.74) is 1.38. The highest BCUT2D eigenvalue weighted by Gasteiger charge is 2.17. The number of carbonyl (C=O) groups excluding carboxylic acids is 2. The summed E-state index contributed by atoms with van der Waals surface area (Å²) in [6, 6.07) is 10.5. The summed E-state index contributed by atoms with van der Waals surface area (Å²) in [6.45, 7) is 1.83. The van der Waals surface area contributed by atoms with Crippen LogP contribution in [-0.2, 0) is 17.9 Å². The number of furan rings is 1. The Labute approximate surface area is 145 Å². The maximum Gasteiger partial charge on any atom is 0.341 e. The Balaban J connectivity index is 1.51. The van der Waals surface area contributed by atoms with Crippen molar-refractivity contribution >= 4 is 11.9 Å².